The lowest BCUT2D eigenvalue weighted by Gasteiger charge is -2.39. The molecular formula is C23H19N3O3S. The predicted octanol–water partition coefficient (Wildman–Crippen LogP) is 4.68. The predicted molar refractivity (Wildman–Crippen MR) is 115 cm³/mol. The number of rotatable bonds is 5. The lowest BCUT2D eigenvalue weighted by atomic mass is 10.1. The van der Waals surface area contributed by atoms with Crippen molar-refractivity contribution in [2.45, 2.75) is 13.0 Å². The molecule has 0 aliphatic carbocycles. The molecule has 6 nitrogen and oxygen atoms in total. The number of hydrogen-bond donors (Lipinski definition) is 0. The fourth-order valence-corrected chi connectivity index (χ4v) is 4.27. The number of para-hydroxylation sites is 1. The van der Waals surface area contributed by atoms with Gasteiger partial charge in [0.1, 0.15) is 11.9 Å². The zero-order chi connectivity index (χ0) is 20.5. The molecule has 30 heavy (non-hydrogen) atoms. The molecule has 150 valence electrons. The fraction of sp³-hybridized carbons (Fsp3) is 0.174. The van der Waals surface area contributed by atoms with Gasteiger partial charge in [0.25, 0.3) is 11.8 Å². The number of thiophene rings is 1. The first-order chi connectivity index (χ1) is 14.7. The van der Waals surface area contributed by atoms with E-state index in [-0.39, 0.29) is 12.0 Å². The molecule has 1 amide bonds. The minimum Gasteiger partial charge on any atom is -0.486 e. The monoisotopic (exact) mass is 417 g/mol. The van der Waals surface area contributed by atoms with E-state index >= 15 is 0 Å². The summed E-state index contributed by atoms with van der Waals surface area (Å²) in [4.78, 5) is 19.7. The molecule has 3 heterocycles. The molecule has 0 unspecified atom stereocenters. The first-order valence-corrected chi connectivity index (χ1v) is 10.6. The van der Waals surface area contributed by atoms with Gasteiger partial charge in [-0.2, -0.15) is 4.98 Å². The van der Waals surface area contributed by atoms with Gasteiger partial charge in [-0.1, -0.05) is 47.6 Å². The van der Waals surface area contributed by atoms with Crippen molar-refractivity contribution in [1.29, 1.82) is 0 Å². The summed E-state index contributed by atoms with van der Waals surface area (Å²) in [5.74, 6) is 1.68. The largest absolute Gasteiger partial charge is 0.486 e. The Morgan fingerprint density at radius 1 is 1.10 bits per heavy atom. The van der Waals surface area contributed by atoms with Gasteiger partial charge >= 0.3 is 0 Å². The third-order valence-corrected chi connectivity index (χ3v) is 6.07. The highest BCUT2D eigenvalue weighted by atomic mass is 32.1. The molecular weight excluding hydrogens is 398 g/mol. The minimum absolute atomic E-state index is 0.0631. The van der Waals surface area contributed by atoms with Gasteiger partial charge in [0, 0.05) is 5.56 Å². The minimum atomic E-state index is -0.0631. The zero-order valence-corrected chi connectivity index (χ0v) is 17.1. The quantitative estimate of drug-likeness (QED) is 0.472. The second-order valence-electron chi connectivity index (χ2n) is 7.17. The summed E-state index contributed by atoms with van der Waals surface area (Å²) >= 11 is 1.48. The average molecular weight is 417 g/mol. The van der Waals surface area contributed by atoms with Crippen molar-refractivity contribution >= 4 is 17.2 Å². The molecule has 0 radical (unpaired) electrons. The fourth-order valence-electron chi connectivity index (χ4n) is 3.38. The van der Waals surface area contributed by atoms with Gasteiger partial charge in [-0.25, -0.2) is 0 Å². The number of carbonyl (C=O) groups excluding carboxylic acids is 1. The molecule has 7 heteroatoms. The topological polar surface area (TPSA) is 68.5 Å². The highest BCUT2D eigenvalue weighted by Crippen LogP contribution is 2.32. The Morgan fingerprint density at radius 3 is 2.63 bits per heavy atom. The van der Waals surface area contributed by atoms with Crippen molar-refractivity contribution in [2.75, 3.05) is 13.1 Å². The van der Waals surface area contributed by atoms with Crippen LogP contribution in [0.1, 0.15) is 15.2 Å². The highest BCUT2D eigenvalue weighted by molar-refractivity contribution is 7.12. The Kier molecular flexibility index (Phi) is 4.80. The average Bonchev–Trinajstić information content (AvgIpc) is 3.40. The number of carbonyl (C=O) groups is 1. The van der Waals surface area contributed by atoms with E-state index in [2.05, 4.69) is 10.1 Å². The number of aryl methyl sites for hydroxylation is 1. The van der Waals surface area contributed by atoms with Crippen molar-refractivity contribution in [3.63, 3.8) is 0 Å². The maximum Gasteiger partial charge on any atom is 0.264 e. The van der Waals surface area contributed by atoms with E-state index in [0.717, 1.165) is 21.6 Å². The maximum absolute atomic E-state index is 12.6. The number of benzene rings is 2. The van der Waals surface area contributed by atoms with Crippen LogP contribution in [-0.2, 0) is 0 Å². The molecule has 0 N–H and O–H groups in total. The van der Waals surface area contributed by atoms with Crippen LogP contribution in [0.15, 0.2) is 70.6 Å². The van der Waals surface area contributed by atoms with Gasteiger partial charge < -0.3 is 14.2 Å². The normalized spacial score (nSPS) is 13.8. The molecule has 0 bridgehead atoms. The van der Waals surface area contributed by atoms with Crippen LogP contribution in [0, 0.1) is 6.92 Å². The Labute approximate surface area is 177 Å². The highest BCUT2D eigenvalue weighted by Gasteiger charge is 2.34. The molecule has 0 atom stereocenters. The second-order valence-corrected chi connectivity index (χ2v) is 8.08. The van der Waals surface area contributed by atoms with Crippen LogP contribution in [0.4, 0.5) is 0 Å². The van der Waals surface area contributed by atoms with Crippen LogP contribution in [0.2, 0.25) is 0 Å². The Morgan fingerprint density at radius 2 is 1.87 bits per heavy atom. The van der Waals surface area contributed by atoms with Crippen LogP contribution in [0.3, 0.4) is 0 Å². The number of amides is 1. The summed E-state index contributed by atoms with van der Waals surface area (Å²) in [6.45, 7) is 3.08. The lowest BCUT2D eigenvalue weighted by Crippen LogP contribution is -2.56. The number of aromatic nitrogens is 2. The SMILES string of the molecule is Cc1ccsc1C(=O)N1CC(Oc2ccccc2-c2nc(-c3ccccc3)no2)C1. The molecule has 2 aromatic heterocycles. The third kappa shape index (κ3) is 3.48. The molecule has 1 aliphatic rings. The number of ether oxygens (including phenoxy) is 1. The maximum atomic E-state index is 12.6. The van der Waals surface area contributed by atoms with Crippen molar-refractivity contribution in [2.24, 2.45) is 0 Å². The van der Waals surface area contributed by atoms with Crippen LogP contribution in [-0.4, -0.2) is 40.1 Å². The Hall–Kier alpha value is -3.45. The van der Waals surface area contributed by atoms with E-state index in [1.54, 1.807) is 0 Å². The molecule has 1 aliphatic heterocycles. The molecule has 1 fully saturated rings. The summed E-state index contributed by atoms with van der Waals surface area (Å²) in [6, 6.07) is 19.3. The van der Waals surface area contributed by atoms with E-state index in [0.29, 0.717) is 30.6 Å². The standard InChI is InChI=1S/C23H19N3O3S/c1-15-11-12-30-20(15)23(27)26-13-17(14-26)28-19-10-6-5-9-18(19)22-24-21(25-29-22)16-7-3-2-4-8-16/h2-12,17H,13-14H2,1H3. The summed E-state index contributed by atoms with van der Waals surface area (Å²) in [5, 5.41) is 6.04. The molecule has 1 saturated heterocycles. The zero-order valence-electron chi connectivity index (χ0n) is 16.3. The number of hydrogen-bond acceptors (Lipinski definition) is 6. The number of likely N-dealkylation sites (tertiary alicyclic amines) is 1. The van der Waals surface area contributed by atoms with Crippen molar-refractivity contribution < 1.29 is 14.1 Å². The molecule has 2 aromatic carbocycles. The summed E-state index contributed by atoms with van der Waals surface area (Å²) < 4.78 is 11.7. The van der Waals surface area contributed by atoms with E-state index in [4.69, 9.17) is 9.26 Å². The molecule has 0 saturated carbocycles. The van der Waals surface area contributed by atoms with Gasteiger partial charge in [-0.05, 0) is 36.1 Å². The van der Waals surface area contributed by atoms with E-state index in [1.807, 2.05) is 77.9 Å². The molecule has 5 rings (SSSR count). The second kappa shape index (κ2) is 7.76. The van der Waals surface area contributed by atoms with Crippen LogP contribution < -0.4 is 4.74 Å². The molecule has 4 aromatic rings. The van der Waals surface area contributed by atoms with E-state index in [9.17, 15) is 4.79 Å². The number of nitrogens with zero attached hydrogens (tertiary/aromatic N) is 3. The Bertz CT molecular complexity index is 1180. The first-order valence-electron chi connectivity index (χ1n) is 9.67. The van der Waals surface area contributed by atoms with Crippen LogP contribution in [0.5, 0.6) is 5.75 Å². The summed E-state index contributed by atoms with van der Waals surface area (Å²) in [5.41, 5.74) is 2.65. The van der Waals surface area contributed by atoms with E-state index in [1.165, 1.54) is 11.3 Å². The van der Waals surface area contributed by atoms with Crippen molar-refractivity contribution in [1.82, 2.24) is 15.0 Å². The summed E-state index contributed by atoms with van der Waals surface area (Å²) in [6.07, 6.45) is -0.0631. The van der Waals surface area contributed by atoms with Crippen LogP contribution >= 0.6 is 11.3 Å². The Balaban J connectivity index is 1.29. The van der Waals surface area contributed by atoms with Gasteiger partial charge in [0.2, 0.25) is 5.82 Å². The van der Waals surface area contributed by atoms with Gasteiger partial charge in [0.15, 0.2) is 0 Å². The third-order valence-electron chi connectivity index (χ3n) is 5.06. The van der Waals surface area contributed by atoms with Gasteiger partial charge in [0.05, 0.1) is 23.5 Å². The van der Waals surface area contributed by atoms with Crippen LogP contribution in [0.25, 0.3) is 22.8 Å². The molecule has 0 spiro atoms. The van der Waals surface area contributed by atoms with E-state index < -0.39 is 0 Å². The summed E-state index contributed by atoms with van der Waals surface area (Å²) in [7, 11) is 0. The first kappa shape index (κ1) is 18.6. The van der Waals surface area contributed by atoms with Crippen molar-refractivity contribution in [3.8, 4) is 28.6 Å². The lowest BCUT2D eigenvalue weighted by molar-refractivity contribution is 0.0183. The smallest absolute Gasteiger partial charge is 0.264 e. The van der Waals surface area contributed by atoms with Crippen molar-refractivity contribution in [3.05, 3.63) is 76.5 Å². The van der Waals surface area contributed by atoms with Gasteiger partial charge in [-0.3, -0.25) is 4.79 Å². The van der Waals surface area contributed by atoms with Gasteiger partial charge in [-0.15, -0.1) is 11.3 Å².